The molecule has 0 atom stereocenters. The maximum Gasteiger partial charge on any atom is 0.417 e. The molecule has 6 heteroatoms. The van der Waals surface area contributed by atoms with Crippen molar-refractivity contribution in [3.8, 4) is 11.1 Å². The lowest BCUT2D eigenvalue weighted by Crippen LogP contribution is -2.19. The second kappa shape index (κ2) is 7.45. The number of carbonyl (C=O) groups excluding carboxylic acids is 1. The van der Waals surface area contributed by atoms with E-state index in [2.05, 4.69) is 5.32 Å². The van der Waals surface area contributed by atoms with Gasteiger partial charge in [0.25, 0.3) is 5.91 Å². The minimum absolute atomic E-state index is 0.423. The van der Waals surface area contributed by atoms with E-state index in [1.807, 2.05) is 13.0 Å². The van der Waals surface area contributed by atoms with Gasteiger partial charge in [-0.3, -0.25) is 4.79 Å². The lowest BCUT2D eigenvalue weighted by atomic mass is 9.98. The number of hydrogen-bond acceptors (Lipinski definition) is 1. The number of benzene rings is 3. The fourth-order valence-electron chi connectivity index (χ4n) is 2.89. The van der Waals surface area contributed by atoms with Crippen LogP contribution < -0.4 is 5.32 Å². The highest BCUT2D eigenvalue weighted by Crippen LogP contribution is 2.35. The molecular formula is C21H15ClF3NO. The second-order valence-corrected chi connectivity index (χ2v) is 6.44. The highest BCUT2D eigenvalue weighted by atomic mass is 35.5. The topological polar surface area (TPSA) is 29.1 Å². The van der Waals surface area contributed by atoms with E-state index in [1.165, 1.54) is 12.1 Å². The SMILES string of the molecule is Cc1cccc(NC(=O)c2ccccc2C(F)(F)F)c1-c1ccc(Cl)cc1. The van der Waals surface area contributed by atoms with E-state index in [9.17, 15) is 18.0 Å². The number of hydrogen-bond donors (Lipinski definition) is 1. The molecule has 3 aromatic carbocycles. The fraction of sp³-hybridized carbons (Fsp3) is 0.0952. The Hall–Kier alpha value is -2.79. The van der Waals surface area contributed by atoms with Gasteiger partial charge in [-0.05, 0) is 48.4 Å². The van der Waals surface area contributed by atoms with E-state index in [4.69, 9.17) is 11.6 Å². The van der Waals surface area contributed by atoms with Crippen LogP contribution in [0.25, 0.3) is 11.1 Å². The van der Waals surface area contributed by atoms with Gasteiger partial charge in [0.1, 0.15) is 0 Å². The largest absolute Gasteiger partial charge is 0.417 e. The molecule has 0 aliphatic carbocycles. The van der Waals surface area contributed by atoms with Crippen LogP contribution in [0.5, 0.6) is 0 Å². The Kier molecular flexibility index (Phi) is 5.24. The van der Waals surface area contributed by atoms with E-state index in [0.29, 0.717) is 10.7 Å². The highest BCUT2D eigenvalue weighted by molar-refractivity contribution is 6.30. The molecule has 0 aromatic heterocycles. The number of aryl methyl sites for hydroxylation is 1. The number of nitrogens with one attached hydrogen (secondary N) is 1. The van der Waals surface area contributed by atoms with Crippen LogP contribution in [0.4, 0.5) is 18.9 Å². The number of rotatable bonds is 3. The van der Waals surface area contributed by atoms with Gasteiger partial charge in [0.15, 0.2) is 0 Å². The monoisotopic (exact) mass is 389 g/mol. The molecule has 0 fully saturated rings. The van der Waals surface area contributed by atoms with Crippen LogP contribution >= 0.6 is 11.6 Å². The Labute approximate surface area is 159 Å². The lowest BCUT2D eigenvalue weighted by molar-refractivity contribution is -0.137. The minimum atomic E-state index is -4.61. The molecule has 27 heavy (non-hydrogen) atoms. The molecule has 3 aromatic rings. The van der Waals surface area contributed by atoms with Crippen molar-refractivity contribution in [2.45, 2.75) is 13.1 Å². The third-order valence-electron chi connectivity index (χ3n) is 4.13. The Balaban J connectivity index is 2.02. The highest BCUT2D eigenvalue weighted by Gasteiger charge is 2.34. The van der Waals surface area contributed by atoms with Crippen LogP contribution in [0.2, 0.25) is 5.02 Å². The summed E-state index contributed by atoms with van der Waals surface area (Å²) >= 11 is 5.93. The molecule has 0 saturated heterocycles. The average Bonchev–Trinajstić information content (AvgIpc) is 2.62. The molecule has 138 valence electrons. The normalized spacial score (nSPS) is 11.3. The van der Waals surface area contributed by atoms with Crippen LogP contribution in [0.15, 0.2) is 66.7 Å². The fourth-order valence-corrected chi connectivity index (χ4v) is 3.02. The zero-order valence-electron chi connectivity index (χ0n) is 14.3. The van der Waals surface area contributed by atoms with Crippen LogP contribution in [0.1, 0.15) is 21.5 Å². The smallest absolute Gasteiger partial charge is 0.321 e. The second-order valence-electron chi connectivity index (χ2n) is 6.00. The summed E-state index contributed by atoms with van der Waals surface area (Å²) in [6.45, 7) is 1.86. The van der Waals surface area contributed by atoms with E-state index in [0.717, 1.165) is 28.8 Å². The Morgan fingerprint density at radius 3 is 2.26 bits per heavy atom. The van der Waals surface area contributed by atoms with Gasteiger partial charge in [0.2, 0.25) is 0 Å². The summed E-state index contributed by atoms with van der Waals surface area (Å²) in [7, 11) is 0. The van der Waals surface area contributed by atoms with Crippen molar-refractivity contribution in [2.75, 3.05) is 5.32 Å². The maximum atomic E-state index is 13.2. The van der Waals surface area contributed by atoms with Crippen LogP contribution in [0.3, 0.4) is 0 Å². The molecule has 0 heterocycles. The van der Waals surface area contributed by atoms with E-state index < -0.39 is 23.2 Å². The predicted octanol–water partition coefficient (Wildman–Crippen LogP) is 6.59. The maximum absolute atomic E-state index is 13.2. The van der Waals surface area contributed by atoms with Crippen LogP contribution in [-0.4, -0.2) is 5.91 Å². The van der Waals surface area contributed by atoms with Crippen molar-refractivity contribution < 1.29 is 18.0 Å². The molecule has 0 aliphatic rings. The standard InChI is InChI=1S/C21H15ClF3NO/c1-13-5-4-8-18(19(13)14-9-11-15(22)12-10-14)26-20(27)16-6-2-3-7-17(16)21(23,24)25/h2-12H,1H3,(H,26,27). The van der Waals surface area contributed by atoms with Gasteiger partial charge in [-0.15, -0.1) is 0 Å². The third kappa shape index (κ3) is 4.14. The Bertz CT molecular complexity index is 981. The quantitative estimate of drug-likeness (QED) is 0.538. The summed E-state index contributed by atoms with van der Waals surface area (Å²) in [5, 5.41) is 3.19. The van der Waals surface area contributed by atoms with Crippen molar-refractivity contribution in [2.24, 2.45) is 0 Å². The molecule has 1 N–H and O–H groups in total. The molecule has 3 rings (SSSR count). The lowest BCUT2D eigenvalue weighted by Gasteiger charge is -2.16. The Morgan fingerprint density at radius 1 is 0.926 bits per heavy atom. The summed E-state index contributed by atoms with van der Waals surface area (Å²) in [4.78, 5) is 12.6. The molecule has 0 bridgehead atoms. The molecule has 1 amide bonds. The van der Waals surface area contributed by atoms with Gasteiger partial charge < -0.3 is 5.32 Å². The van der Waals surface area contributed by atoms with E-state index in [-0.39, 0.29) is 0 Å². The zero-order valence-corrected chi connectivity index (χ0v) is 15.0. The summed E-state index contributed by atoms with van der Waals surface area (Å²) in [6, 6.07) is 17.0. The summed E-state index contributed by atoms with van der Waals surface area (Å²) in [5.74, 6) is -0.816. The van der Waals surface area contributed by atoms with Crippen molar-refractivity contribution in [1.29, 1.82) is 0 Å². The van der Waals surface area contributed by atoms with Crippen molar-refractivity contribution in [3.63, 3.8) is 0 Å². The first-order valence-electron chi connectivity index (χ1n) is 8.10. The summed E-state index contributed by atoms with van der Waals surface area (Å²) in [5.41, 5.74) is 1.44. The van der Waals surface area contributed by atoms with Gasteiger partial charge in [-0.2, -0.15) is 13.2 Å². The van der Waals surface area contributed by atoms with E-state index >= 15 is 0 Å². The number of anilines is 1. The predicted molar refractivity (Wildman–Crippen MR) is 101 cm³/mol. The van der Waals surface area contributed by atoms with Crippen LogP contribution in [-0.2, 0) is 6.18 Å². The van der Waals surface area contributed by atoms with E-state index in [1.54, 1.807) is 36.4 Å². The van der Waals surface area contributed by atoms with Crippen molar-refractivity contribution in [1.82, 2.24) is 0 Å². The first-order valence-corrected chi connectivity index (χ1v) is 8.48. The third-order valence-corrected chi connectivity index (χ3v) is 4.38. The van der Waals surface area contributed by atoms with Gasteiger partial charge in [-0.25, -0.2) is 0 Å². The van der Waals surface area contributed by atoms with Gasteiger partial charge in [-0.1, -0.05) is 48.0 Å². The first kappa shape index (κ1) is 19.0. The number of carbonyl (C=O) groups is 1. The number of halogens is 4. The molecule has 0 unspecified atom stereocenters. The molecule has 0 radical (unpaired) electrons. The number of alkyl halides is 3. The van der Waals surface area contributed by atoms with Gasteiger partial charge in [0, 0.05) is 16.3 Å². The minimum Gasteiger partial charge on any atom is -0.321 e. The molecule has 0 aliphatic heterocycles. The summed E-state index contributed by atoms with van der Waals surface area (Å²) < 4.78 is 39.6. The van der Waals surface area contributed by atoms with Crippen LogP contribution in [0, 0.1) is 6.92 Å². The number of amides is 1. The van der Waals surface area contributed by atoms with Crippen molar-refractivity contribution >= 4 is 23.2 Å². The molecule has 0 saturated carbocycles. The molecular weight excluding hydrogens is 375 g/mol. The van der Waals surface area contributed by atoms with Crippen molar-refractivity contribution in [3.05, 3.63) is 88.4 Å². The van der Waals surface area contributed by atoms with Gasteiger partial charge in [0.05, 0.1) is 11.1 Å². The summed E-state index contributed by atoms with van der Waals surface area (Å²) in [6.07, 6.45) is -4.61. The molecule has 0 spiro atoms. The average molecular weight is 390 g/mol. The first-order chi connectivity index (χ1) is 12.8. The van der Waals surface area contributed by atoms with Gasteiger partial charge >= 0.3 is 6.18 Å². The molecule has 2 nitrogen and oxygen atoms in total. The Morgan fingerprint density at radius 2 is 1.59 bits per heavy atom. The zero-order chi connectivity index (χ0) is 19.6.